The molecule has 1 atom stereocenters. The lowest BCUT2D eigenvalue weighted by molar-refractivity contribution is -0.139. The average molecular weight is 363 g/mol. The third-order valence-electron chi connectivity index (χ3n) is 4.24. The van der Waals surface area contributed by atoms with Crippen LogP contribution in [-0.2, 0) is 9.59 Å². The van der Waals surface area contributed by atoms with Crippen LogP contribution in [0.5, 0.6) is 5.75 Å². The second-order valence-corrected chi connectivity index (χ2v) is 6.21. The van der Waals surface area contributed by atoms with Crippen LogP contribution in [0.2, 0.25) is 0 Å². The molecule has 1 aliphatic heterocycles. The van der Waals surface area contributed by atoms with E-state index in [1.807, 2.05) is 31.2 Å². The molecule has 8 heteroatoms. The van der Waals surface area contributed by atoms with Gasteiger partial charge in [-0.3, -0.25) is 9.59 Å². The lowest BCUT2D eigenvalue weighted by Gasteiger charge is -2.35. The normalized spacial score (nSPS) is 15.3. The molecule has 1 aromatic rings. The number of hydrogen-bond acceptors (Lipinski definition) is 4. The molecule has 0 bridgehead atoms. The molecule has 1 saturated heterocycles. The Labute approximate surface area is 152 Å². The fraction of sp³-hybridized carbons (Fsp3) is 0.500. The highest BCUT2D eigenvalue weighted by Crippen LogP contribution is 2.18. The minimum atomic E-state index is -0.955. The fourth-order valence-electron chi connectivity index (χ4n) is 2.70. The number of ether oxygens (including phenoxy) is 1. The summed E-state index contributed by atoms with van der Waals surface area (Å²) < 4.78 is 5.77. The van der Waals surface area contributed by atoms with E-state index in [-0.39, 0.29) is 24.9 Å². The fourth-order valence-corrected chi connectivity index (χ4v) is 2.70. The number of carbonyl (C=O) groups excluding carboxylic acids is 2. The third kappa shape index (κ3) is 5.37. The third-order valence-corrected chi connectivity index (χ3v) is 4.24. The molecule has 142 valence electrons. The Morgan fingerprint density at radius 3 is 2.38 bits per heavy atom. The number of para-hydroxylation sites is 1. The van der Waals surface area contributed by atoms with E-state index in [4.69, 9.17) is 9.84 Å². The largest absolute Gasteiger partial charge is 0.481 e. The van der Waals surface area contributed by atoms with E-state index < -0.39 is 12.1 Å². The summed E-state index contributed by atoms with van der Waals surface area (Å²) in [6, 6.07) is 7.23. The number of carboxylic acids is 1. The van der Waals surface area contributed by atoms with E-state index in [1.165, 1.54) is 0 Å². The first-order valence-electron chi connectivity index (χ1n) is 8.64. The zero-order chi connectivity index (χ0) is 19.1. The van der Waals surface area contributed by atoms with Crippen LogP contribution >= 0.6 is 0 Å². The smallest absolute Gasteiger partial charge is 0.317 e. The molecule has 1 fully saturated rings. The van der Waals surface area contributed by atoms with Crippen molar-refractivity contribution in [2.75, 3.05) is 32.7 Å². The van der Waals surface area contributed by atoms with E-state index in [9.17, 15) is 14.4 Å². The summed E-state index contributed by atoms with van der Waals surface area (Å²) in [6.07, 6.45) is -0.718. The maximum Gasteiger partial charge on any atom is 0.317 e. The Morgan fingerprint density at radius 1 is 1.15 bits per heavy atom. The van der Waals surface area contributed by atoms with Crippen LogP contribution in [0.4, 0.5) is 4.79 Å². The molecule has 1 aliphatic rings. The van der Waals surface area contributed by atoms with Gasteiger partial charge in [0.2, 0.25) is 0 Å². The van der Waals surface area contributed by atoms with Crippen LogP contribution < -0.4 is 10.1 Å². The topological polar surface area (TPSA) is 99.2 Å². The molecule has 2 N–H and O–H groups in total. The average Bonchev–Trinajstić information content (AvgIpc) is 2.62. The molecule has 26 heavy (non-hydrogen) atoms. The molecular formula is C18H25N3O5. The number of aliphatic carboxylic acids is 1. The number of nitrogens with zero attached hydrogens (tertiary/aromatic N) is 2. The minimum absolute atomic E-state index is 0.0919. The van der Waals surface area contributed by atoms with Crippen LogP contribution in [0.25, 0.3) is 0 Å². The number of hydrogen-bond donors (Lipinski definition) is 2. The number of piperazine rings is 1. The summed E-state index contributed by atoms with van der Waals surface area (Å²) in [6.45, 7) is 5.39. The van der Waals surface area contributed by atoms with Crippen LogP contribution in [0.1, 0.15) is 18.9 Å². The maximum absolute atomic E-state index is 12.6. The Kier molecular flexibility index (Phi) is 6.82. The van der Waals surface area contributed by atoms with Crippen molar-refractivity contribution in [1.82, 2.24) is 15.1 Å². The van der Waals surface area contributed by atoms with Crippen molar-refractivity contribution in [3.63, 3.8) is 0 Å². The standard InChI is InChI=1S/C18H25N3O5/c1-13-5-3-4-6-15(13)26-14(2)17(24)20-9-11-21(12-10-20)18(25)19-8-7-16(22)23/h3-6,14H,7-12H2,1-2H3,(H,19,25)(H,22,23). The molecule has 0 saturated carbocycles. The summed E-state index contributed by atoms with van der Waals surface area (Å²) in [5.41, 5.74) is 0.968. The van der Waals surface area contributed by atoms with Crippen molar-refractivity contribution in [3.8, 4) is 5.75 Å². The van der Waals surface area contributed by atoms with E-state index >= 15 is 0 Å². The van der Waals surface area contributed by atoms with Gasteiger partial charge in [-0.15, -0.1) is 0 Å². The van der Waals surface area contributed by atoms with Crippen LogP contribution in [0.15, 0.2) is 24.3 Å². The summed E-state index contributed by atoms with van der Waals surface area (Å²) in [5, 5.41) is 11.2. The molecule has 1 aromatic carbocycles. The minimum Gasteiger partial charge on any atom is -0.481 e. The van der Waals surface area contributed by atoms with Crippen molar-refractivity contribution in [1.29, 1.82) is 0 Å². The van der Waals surface area contributed by atoms with Crippen molar-refractivity contribution < 1.29 is 24.2 Å². The number of nitrogens with one attached hydrogen (secondary N) is 1. The van der Waals surface area contributed by atoms with Crippen molar-refractivity contribution in [2.24, 2.45) is 0 Å². The second kappa shape index (κ2) is 9.07. The van der Waals surface area contributed by atoms with Gasteiger partial charge in [0.1, 0.15) is 5.75 Å². The molecule has 8 nitrogen and oxygen atoms in total. The van der Waals surface area contributed by atoms with E-state index in [0.29, 0.717) is 31.9 Å². The second-order valence-electron chi connectivity index (χ2n) is 6.21. The number of carbonyl (C=O) groups is 3. The molecule has 0 spiro atoms. The van der Waals surface area contributed by atoms with Crippen LogP contribution in [0.3, 0.4) is 0 Å². The zero-order valence-electron chi connectivity index (χ0n) is 15.1. The number of urea groups is 1. The predicted octanol–water partition coefficient (Wildman–Crippen LogP) is 1.09. The van der Waals surface area contributed by atoms with Crippen molar-refractivity contribution in [3.05, 3.63) is 29.8 Å². The summed E-state index contributed by atoms with van der Waals surface area (Å²) in [4.78, 5) is 38.3. The quantitative estimate of drug-likeness (QED) is 0.788. The molecular weight excluding hydrogens is 338 g/mol. The summed E-state index contributed by atoms with van der Waals surface area (Å²) in [7, 11) is 0. The Hall–Kier alpha value is -2.77. The molecule has 3 amide bonds. The van der Waals surface area contributed by atoms with E-state index in [2.05, 4.69) is 5.32 Å². The predicted molar refractivity (Wildman–Crippen MR) is 95.1 cm³/mol. The Balaban J connectivity index is 1.79. The monoisotopic (exact) mass is 363 g/mol. The first-order valence-corrected chi connectivity index (χ1v) is 8.64. The maximum atomic E-state index is 12.6. The number of benzene rings is 1. The Bertz CT molecular complexity index is 656. The molecule has 1 unspecified atom stereocenters. The molecule has 0 radical (unpaired) electrons. The first-order chi connectivity index (χ1) is 12.4. The highest BCUT2D eigenvalue weighted by molar-refractivity contribution is 5.81. The van der Waals surface area contributed by atoms with Crippen LogP contribution in [-0.4, -0.2) is 71.6 Å². The van der Waals surface area contributed by atoms with Gasteiger partial charge in [0.05, 0.1) is 6.42 Å². The highest BCUT2D eigenvalue weighted by atomic mass is 16.5. The van der Waals surface area contributed by atoms with Gasteiger partial charge in [-0.2, -0.15) is 0 Å². The van der Waals surface area contributed by atoms with Gasteiger partial charge in [-0.25, -0.2) is 4.79 Å². The van der Waals surface area contributed by atoms with Crippen LogP contribution in [0, 0.1) is 6.92 Å². The zero-order valence-corrected chi connectivity index (χ0v) is 15.1. The molecule has 0 aromatic heterocycles. The summed E-state index contributed by atoms with van der Waals surface area (Å²) in [5.74, 6) is -0.382. The number of amides is 3. The molecule has 1 heterocycles. The van der Waals surface area contributed by atoms with Gasteiger partial charge in [0.15, 0.2) is 6.10 Å². The Morgan fingerprint density at radius 2 is 1.77 bits per heavy atom. The first kappa shape index (κ1) is 19.6. The van der Waals surface area contributed by atoms with Gasteiger partial charge >= 0.3 is 12.0 Å². The van der Waals surface area contributed by atoms with Gasteiger partial charge < -0.3 is 25.0 Å². The number of carboxylic acid groups (broad SMARTS) is 1. The number of rotatable bonds is 6. The van der Waals surface area contributed by atoms with Crippen molar-refractivity contribution in [2.45, 2.75) is 26.4 Å². The van der Waals surface area contributed by atoms with Gasteiger partial charge in [0, 0.05) is 32.7 Å². The lowest BCUT2D eigenvalue weighted by Crippen LogP contribution is -2.55. The summed E-state index contributed by atoms with van der Waals surface area (Å²) >= 11 is 0. The molecule has 0 aliphatic carbocycles. The van der Waals surface area contributed by atoms with Gasteiger partial charge in [-0.05, 0) is 25.5 Å². The highest BCUT2D eigenvalue weighted by Gasteiger charge is 2.28. The number of aryl methyl sites for hydroxylation is 1. The van der Waals surface area contributed by atoms with Gasteiger partial charge in [-0.1, -0.05) is 18.2 Å². The lowest BCUT2D eigenvalue weighted by atomic mass is 10.2. The van der Waals surface area contributed by atoms with E-state index in [1.54, 1.807) is 16.7 Å². The van der Waals surface area contributed by atoms with Crippen molar-refractivity contribution >= 4 is 17.9 Å². The van der Waals surface area contributed by atoms with E-state index in [0.717, 1.165) is 5.56 Å². The SMILES string of the molecule is Cc1ccccc1OC(C)C(=O)N1CCN(C(=O)NCCC(=O)O)CC1. The van der Waals surface area contributed by atoms with Gasteiger partial charge in [0.25, 0.3) is 5.91 Å². The molecule has 2 rings (SSSR count).